The number of phenols is 1. The first-order valence-corrected chi connectivity index (χ1v) is 8.79. The fourth-order valence-electron chi connectivity index (χ4n) is 3.07. The van der Waals surface area contributed by atoms with Gasteiger partial charge in [-0.15, -0.1) is 11.8 Å². The van der Waals surface area contributed by atoms with Crippen LogP contribution < -0.4 is 0 Å². The van der Waals surface area contributed by atoms with Crippen LogP contribution in [0.3, 0.4) is 0 Å². The Bertz CT molecular complexity index is 470. The molecule has 1 aromatic carbocycles. The Morgan fingerprint density at radius 2 is 2.05 bits per heavy atom. The third-order valence-corrected chi connectivity index (χ3v) is 4.97. The van der Waals surface area contributed by atoms with Gasteiger partial charge in [0.2, 0.25) is 5.91 Å². The first-order valence-electron chi connectivity index (χ1n) is 7.81. The van der Waals surface area contributed by atoms with Crippen molar-refractivity contribution in [2.75, 3.05) is 5.75 Å². The second kappa shape index (κ2) is 7.74. The molecule has 1 N–H and O–H groups in total. The van der Waals surface area contributed by atoms with E-state index in [4.69, 9.17) is 0 Å². The summed E-state index contributed by atoms with van der Waals surface area (Å²) >= 11 is 1.50. The van der Waals surface area contributed by atoms with Crippen molar-refractivity contribution >= 4 is 17.7 Å². The molecule has 2 rings (SSSR count). The number of carbonyl (C=O) groups is 1. The lowest BCUT2D eigenvalue weighted by atomic mass is 9.93. The minimum atomic E-state index is 0.213. The van der Waals surface area contributed by atoms with Crippen molar-refractivity contribution in [3.05, 3.63) is 24.3 Å². The summed E-state index contributed by atoms with van der Waals surface area (Å²) < 4.78 is 0. The molecular formula is C17H25NO2S. The highest BCUT2D eigenvalue weighted by Crippen LogP contribution is 2.27. The Balaban J connectivity index is 1.95. The molecule has 0 aliphatic heterocycles. The molecule has 0 bridgehead atoms. The summed E-state index contributed by atoms with van der Waals surface area (Å²) in [5, 5.41) is 9.47. The summed E-state index contributed by atoms with van der Waals surface area (Å²) in [6, 6.07) is 7.76. The molecule has 0 unspecified atom stereocenters. The Kier molecular flexibility index (Phi) is 5.97. The molecule has 21 heavy (non-hydrogen) atoms. The molecule has 1 amide bonds. The van der Waals surface area contributed by atoms with Crippen molar-refractivity contribution in [2.24, 2.45) is 0 Å². The summed E-state index contributed by atoms with van der Waals surface area (Å²) in [6.07, 6.45) is 6.05. The third-order valence-electron chi connectivity index (χ3n) is 3.99. The zero-order valence-corrected chi connectivity index (χ0v) is 13.7. The Morgan fingerprint density at radius 3 is 2.67 bits per heavy atom. The van der Waals surface area contributed by atoms with Crippen molar-refractivity contribution < 1.29 is 9.90 Å². The lowest BCUT2D eigenvalue weighted by Crippen LogP contribution is -2.46. The van der Waals surface area contributed by atoms with Gasteiger partial charge in [-0.05, 0) is 44.9 Å². The van der Waals surface area contributed by atoms with E-state index < -0.39 is 0 Å². The third kappa shape index (κ3) is 4.67. The molecule has 0 saturated heterocycles. The molecule has 116 valence electrons. The molecule has 0 atom stereocenters. The number of benzene rings is 1. The van der Waals surface area contributed by atoms with Crippen molar-refractivity contribution in [1.29, 1.82) is 0 Å². The number of rotatable bonds is 5. The summed E-state index contributed by atoms with van der Waals surface area (Å²) in [5.74, 6) is 0.906. The fraction of sp³-hybridized carbons (Fsp3) is 0.588. The normalized spacial score (nSPS) is 16.1. The topological polar surface area (TPSA) is 40.5 Å². The number of amides is 1. The monoisotopic (exact) mass is 307 g/mol. The van der Waals surface area contributed by atoms with Crippen molar-refractivity contribution in [3.63, 3.8) is 0 Å². The van der Waals surface area contributed by atoms with E-state index in [9.17, 15) is 9.90 Å². The molecule has 4 heteroatoms. The van der Waals surface area contributed by atoms with Gasteiger partial charge in [0.1, 0.15) is 5.75 Å². The smallest absolute Gasteiger partial charge is 0.233 e. The average Bonchev–Trinajstić information content (AvgIpc) is 2.46. The van der Waals surface area contributed by atoms with Crippen LogP contribution in [-0.2, 0) is 4.79 Å². The van der Waals surface area contributed by atoms with E-state index in [-0.39, 0.29) is 17.7 Å². The second-order valence-electron chi connectivity index (χ2n) is 5.97. The molecule has 0 aromatic heterocycles. The Hall–Kier alpha value is -1.16. The van der Waals surface area contributed by atoms with Gasteiger partial charge in [0.15, 0.2) is 0 Å². The minimum Gasteiger partial charge on any atom is -0.508 e. The molecule has 1 aliphatic carbocycles. The van der Waals surface area contributed by atoms with Crippen LogP contribution in [0.4, 0.5) is 0 Å². The predicted molar refractivity (Wildman–Crippen MR) is 87.7 cm³/mol. The summed E-state index contributed by atoms with van der Waals surface area (Å²) in [4.78, 5) is 15.6. The molecule has 0 radical (unpaired) electrons. The molecule has 1 aliphatic rings. The van der Waals surface area contributed by atoms with Crippen LogP contribution in [0.2, 0.25) is 0 Å². The van der Waals surface area contributed by atoms with Crippen molar-refractivity contribution in [1.82, 2.24) is 4.90 Å². The number of carbonyl (C=O) groups excluding carboxylic acids is 1. The molecule has 3 nitrogen and oxygen atoms in total. The maximum Gasteiger partial charge on any atom is 0.233 e. The SMILES string of the molecule is CC(C)N(C(=O)CSc1cccc(O)c1)C1CCCCC1. The maximum atomic E-state index is 12.6. The minimum absolute atomic E-state index is 0.213. The van der Waals surface area contributed by atoms with Gasteiger partial charge in [-0.3, -0.25) is 4.79 Å². The first-order chi connectivity index (χ1) is 10.1. The molecule has 0 heterocycles. The lowest BCUT2D eigenvalue weighted by molar-refractivity contribution is -0.133. The van der Waals surface area contributed by atoms with Gasteiger partial charge in [-0.1, -0.05) is 25.3 Å². The van der Waals surface area contributed by atoms with Gasteiger partial charge in [0.05, 0.1) is 5.75 Å². The molecular weight excluding hydrogens is 282 g/mol. The van der Waals surface area contributed by atoms with Gasteiger partial charge in [-0.25, -0.2) is 0 Å². The Labute approximate surface area is 131 Å². The standard InChI is InChI=1S/C17H25NO2S/c1-13(2)18(14-7-4-3-5-8-14)17(20)12-21-16-10-6-9-15(19)11-16/h6,9-11,13-14,19H,3-5,7-8,12H2,1-2H3. The highest BCUT2D eigenvalue weighted by Gasteiger charge is 2.27. The fourth-order valence-corrected chi connectivity index (χ4v) is 3.88. The molecule has 1 aromatic rings. The van der Waals surface area contributed by atoms with Gasteiger partial charge in [-0.2, -0.15) is 0 Å². The number of hydrogen-bond donors (Lipinski definition) is 1. The van der Waals surface area contributed by atoms with Crippen LogP contribution in [0.25, 0.3) is 0 Å². The Morgan fingerprint density at radius 1 is 1.33 bits per heavy atom. The van der Waals surface area contributed by atoms with E-state index >= 15 is 0 Å². The number of phenolic OH excluding ortho intramolecular Hbond substituents is 1. The van der Waals surface area contributed by atoms with E-state index in [2.05, 4.69) is 18.7 Å². The maximum absolute atomic E-state index is 12.6. The van der Waals surface area contributed by atoms with Gasteiger partial charge in [0.25, 0.3) is 0 Å². The summed E-state index contributed by atoms with van der Waals surface area (Å²) in [5.41, 5.74) is 0. The van der Waals surface area contributed by atoms with E-state index in [1.54, 1.807) is 12.1 Å². The number of aromatic hydroxyl groups is 1. The number of hydrogen-bond acceptors (Lipinski definition) is 3. The van der Waals surface area contributed by atoms with Crippen LogP contribution in [0.5, 0.6) is 5.75 Å². The summed E-state index contributed by atoms with van der Waals surface area (Å²) in [6.45, 7) is 4.21. The van der Waals surface area contributed by atoms with E-state index in [0.717, 1.165) is 17.7 Å². The highest BCUT2D eigenvalue weighted by atomic mass is 32.2. The average molecular weight is 307 g/mol. The predicted octanol–water partition coefficient (Wildman–Crippen LogP) is 4.05. The molecule has 1 fully saturated rings. The number of thioether (sulfide) groups is 1. The second-order valence-corrected chi connectivity index (χ2v) is 7.02. The quantitative estimate of drug-likeness (QED) is 0.834. The molecule has 1 saturated carbocycles. The summed E-state index contributed by atoms with van der Waals surface area (Å²) in [7, 11) is 0. The van der Waals surface area contributed by atoms with Crippen LogP contribution in [0, 0.1) is 0 Å². The van der Waals surface area contributed by atoms with E-state index in [0.29, 0.717) is 11.8 Å². The van der Waals surface area contributed by atoms with E-state index in [1.165, 1.54) is 31.0 Å². The van der Waals surface area contributed by atoms with Gasteiger partial charge in [0, 0.05) is 17.0 Å². The van der Waals surface area contributed by atoms with Gasteiger partial charge < -0.3 is 10.0 Å². The zero-order valence-electron chi connectivity index (χ0n) is 12.9. The van der Waals surface area contributed by atoms with Gasteiger partial charge >= 0.3 is 0 Å². The van der Waals surface area contributed by atoms with Crippen LogP contribution in [-0.4, -0.2) is 33.8 Å². The highest BCUT2D eigenvalue weighted by molar-refractivity contribution is 8.00. The van der Waals surface area contributed by atoms with Crippen molar-refractivity contribution in [3.8, 4) is 5.75 Å². The molecule has 0 spiro atoms. The van der Waals surface area contributed by atoms with Crippen LogP contribution in [0.15, 0.2) is 29.2 Å². The number of nitrogens with zero attached hydrogens (tertiary/aromatic N) is 1. The zero-order chi connectivity index (χ0) is 15.2. The largest absolute Gasteiger partial charge is 0.508 e. The van der Waals surface area contributed by atoms with Crippen LogP contribution >= 0.6 is 11.8 Å². The first kappa shape index (κ1) is 16.2. The lowest BCUT2D eigenvalue weighted by Gasteiger charge is -2.37. The van der Waals surface area contributed by atoms with Crippen molar-refractivity contribution in [2.45, 2.75) is 62.9 Å². The van der Waals surface area contributed by atoms with Crippen LogP contribution in [0.1, 0.15) is 46.0 Å². The van der Waals surface area contributed by atoms with E-state index in [1.807, 2.05) is 12.1 Å².